The normalized spacial score (nSPS) is 18.7. The van der Waals surface area contributed by atoms with Crippen LogP contribution in [-0.4, -0.2) is 18.5 Å². The summed E-state index contributed by atoms with van der Waals surface area (Å²) < 4.78 is 0. The molecule has 168 valence electrons. The van der Waals surface area contributed by atoms with E-state index in [1.54, 1.807) is 6.07 Å². The summed E-state index contributed by atoms with van der Waals surface area (Å²) in [6.07, 6.45) is 1.79. The highest BCUT2D eigenvalue weighted by Gasteiger charge is 2.46. The van der Waals surface area contributed by atoms with Crippen molar-refractivity contribution in [3.05, 3.63) is 90.0 Å². The Morgan fingerprint density at radius 3 is 2.42 bits per heavy atom. The Balaban J connectivity index is 1.57. The lowest BCUT2D eigenvalue weighted by Crippen LogP contribution is -2.45. The fraction of sp³-hybridized carbons (Fsp3) is 0.310. The number of carbonyl (C=O) groups is 1. The number of nitriles is 1. The second-order valence-corrected chi connectivity index (χ2v) is 9.10. The topological polar surface area (TPSA) is 70.1 Å². The number of carbonyl (C=O) groups excluding carboxylic acids is 1. The van der Waals surface area contributed by atoms with E-state index >= 15 is 0 Å². The van der Waals surface area contributed by atoms with Crippen molar-refractivity contribution < 1.29 is 4.79 Å². The summed E-state index contributed by atoms with van der Waals surface area (Å²) in [6.45, 7) is 4.77. The number of rotatable bonds is 8. The lowest BCUT2D eigenvalue weighted by atomic mass is 9.98. The Hall–Kier alpha value is -3.42. The van der Waals surface area contributed by atoms with Crippen molar-refractivity contribution in [2.45, 2.75) is 38.6 Å². The van der Waals surface area contributed by atoms with Gasteiger partial charge in [-0.1, -0.05) is 74.9 Å². The van der Waals surface area contributed by atoms with Crippen LogP contribution in [0.5, 0.6) is 0 Å². The summed E-state index contributed by atoms with van der Waals surface area (Å²) in [7, 11) is 0. The first-order chi connectivity index (χ1) is 16.0. The van der Waals surface area contributed by atoms with Crippen molar-refractivity contribution in [1.29, 1.82) is 5.26 Å². The van der Waals surface area contributed by atoms with Crippen LogP contribution in [-0.2, 0) is 4.79 Å². The molecular formula is C29H31N3O. The van der Waals surface area contributed by atoms with E-state index in [0.29, 0.717) is 18.0 Å². The molecule has 4 heteroatoms. The fourth-order valence-electron chi connectivity index (χ4n) is 4.36. The van der Waals surface area contributed by atoms with Crippen LogP contribution < -0.4 is 10.6 Å². The molecule has 2 N–H and O–H groups in total. The van der Waals surface area contributed by atoms with Crippen LogP contribution in [0.15, 0.2) is 78.9 Å². The predicted molar refractivity (Wildman–Crippen MR) is 134 cm³/mol. The van der Waals surface area contributed by atoms with Crippen molar-refractivity contribution in [1.82, 2.24) is 0 Å². The number of hydrogen-bond donors (Lipinski definition) is 1. The molecule has 3 aromatic carbocycles. The second kappa shape index (κ2) is 10.0. The second-order valence-electron chi connectivity index (χ2n) is 9.10. The number of hydrogen-bond acceptors (Lipinski definition) is 3. The first kappa shape index (κ1) is 22.8. The van der Waals surface area contributed by atoms with E-state index in [0.717, 1.165) is 35.2 Å². The van der Waals surface area contributed by atoms with Gasteiger partial charge in [0, 0.05) is 24.2 Å². The average Bonchev–Trinajstić information content (AvgIpc) is 3.68. The zero-order chi connectivity index (χ0) is 23.4. The van der Waals surface area contributed by atoms with Crippen LogP contribution in [0.25, 0.3) is 11.1 Å². The molecule has 0 spiro atoms. The van der Waals surface area contributed by atoms with Gasteiger partial charge in [-0.05, 0) is 59.2 Å². The van der Waals surface area contributed by atoms with E-state index < -0.39 is 0 Å². The number of nitrogens with zero attached hydrogens (tertiary/aromatic N) is 2. The van der Waals surface area contributed by atoms with E-state index in [1.807, 2.05) is 53.4 Å². The maximum absolute atomic E-state index is 13.7. The van der Waals surface area contributed by atoms with Gasteiger partial charge in [-0.3, -0.25) is 4.79 Å². The van der Waals surface area contributed by atoms with Crippen molar-refractivity contribution in [2.75, 3.05) is 11.4 Å². The summed E-state index contributed by atoms with van der Waals surface area (Å²) in [5, 5.41) is 9.22. The molecule has 1 fully saturated rings. The number of amides is 1. The Morgan fingerprint density at radius 1 is 1.06 bits per heavy atom. The minimum Gasteiger partial charge on any atom is -0.326 e. The molecule has 4 atom stereocenters. The highest BCUT2D eigenvalue weighted by atomic mass is 16.2. The molecule has 1 saturated carbocycles. The van der Waals surface area contributed by atoms with Crippen LogP contribution in [0.2, 0.25) is 0 Å². The van der Waals surface area contributed by atoms with Crippen LogP contribution >= 0.6 is 0 Å². The average molecular weight is 438 g/mol. The lowest BCUT2D eigenvalue weighted by molar-refractivity contribution is -0.120. The molecule has 1 aliphatic carbocycles. The standard InChI is InChI=1S/C29H31N3O/c1-3-20(2)28(31)19-32(25-14-12-23(13-15-25)22-9-5-4-6-10-22)29(33)27-17-26(27)24-11-7-8-21(16-24)18-30/h4-16,20,26-28H,3,17,19,31H2,1-2H3/t20-,26-,27+,28+/m0/s1. The lowest BCUT2D eigenvalue weighted by Gasteiger charge is -2.29. The van der Waals surface area contributed by atoms with Crippen LogP contribution in [0.1, 0.15) is 43.7 Å². The molecule has 1 aliphatic rings. The molecule has 3 aromatic rings. The number of anilines is 1. The molecule has 4 nitrogen and oxygen atoms in total. The number of nitrogens with two attached hydrogens (primary N) is 1. The maximum Gasteiger partial charge on any atom is 0.230 e. The quantitative estimate of drug-likeness (QED) is 0.489. The Kier molecular flexibility index (Phi) is 6.91. The monoisotopic (exact) mass is 437 g/mol. The van der Waals surface area contributed by atoms with Gasteiger partial charge in [0.25, 0.3) is 0 Å². The third-order valence-corrected chi connectivity index (χ3v) is 6.87. The van der Waals surface area contributed by atoms with Crippen molar-refractivity contribution in [3.63, 3.8) is 0 Å². The molecule has 0 radical (unpaired) electrons. The summed E-state index contributed by atoms with van der Waals surface area (Å²) >= 11 is 0. The van der Waals surface area contributed by atoms with Gasteiger partial charge in [-0.25, -0.2) is 0 Å². The fourth-order valence-corrected chi connectivity index (χ4v) is 4.36. The highest BCUT2D eigenvalue weighted by Crippen LogP contribution is 2.49. The molecular weight excluding hydrogens is 406 g/mol. The molecule has 1 amide bonds. The van der Waals surface area contributed by atoms with E-state index in [9.17, 15) is 10.1 Å². The van der Waals surface area contributed by atoms with Crippen LogP contribution in [0.3, 0.4) is 0 Å². The third kappa shape index (κ3) is 5.16. The van der Waals surface area contributed by atoms with Crippen molar-refractivity contribution in [3.8, 4) is 17.2 Å². The van der Waals surface area contributed by atoms with E-state index in [1.165, 1.54) is 0 Å². The van der Waals surface area contributed by atoms with E-state index in [4.69, 9.17) is 5.73 Å². The SMILES string of the molecule is CC[C@H](C)[C@H](N)CN(C(=O)[C@@H]1C[C@H]1c1cccc(C#N)c1)c1ccc(-c2ccccc2)cc1. The summed E-state index contributed by atoms with van der Waals surface area (Å²) in [6, 6.07) is 28.1. The molecule has 0 saturated heterocycles. The molecule has 4 rings (SSSR count). The molecule has 0 unspecified atom stereocenters. The first-order valence-electron chi connectivity index (χ1n) is 11.7. The minimum absolute atomic E-state index is 0.0723. The van der Waals surface area contributed by atoms with Crippen molar-refractivity contribution in [2.24, 2.45) is 17.6 Å². The van der Waals surface area contributed by atoms with Crippen LogP contribution in [0, 0.1) is 23.2 Å². The van der Waals surface area contributed by atoms with Gasteiger partial charge in [-0.2, -0.15) is 5.26 Å². The van der Waals surface area contributed by atoms with E-state index in [-0.39, 0.29) is 23.8 Å². The van der Waals surface area contributed by atoms with Gasteiger partial charge < -0.3 is 10.6 Å². The van der Waals surface area contributed by atoms with Gasteiger partial charge in [-0.15, -0.1) is 0 Å². The Bertz CT molecular complexity index is 1130. The predicted octanol–water partition coefficient (Wildman–Crippen LogP) is 5.74. The first-order valence-corrected chi connectivity index (χ1v) is 11.7. The smallest absolute Gasteiger partial charge is 0.230 e. The Labute approximate surface area is 196 Å². The molecule has 0 aromatic heterocycles. The molecule has 33 heavy (non-hydrogen) atoms. The summed E-state index contributed by atoms with van der Waals surface area (Å²) in [5.74, 6) is 0.536. The maximum atomic E-state index is 13.7. The highest BCUT2D eigenvalue weighted by molar-refractivity contribution is 5.97. The van der Waals surface area contributed by atoms with Gasteiger partial charge in [0.2, 0.25) is 5.91 Å². The third-order valence-electron chi connectivity index (χ3n) is 6.87. The molecule has 0 bridgehead atoms. The number of benzene rings is 3. The molecule has 0 heterocycles. The Morgan fingerprint density at radius 2 is 1.76 bits per heavy atom. The zero-order valence-corrected chi connectivity index (χ0v) is 19.3. The van der Waals surface area contributed by atoms with Crippen molar-refractivity contribution >= 4 is 11.6 Å². The van der Waals surface area contributed by atoms with Gasteiger partial charge in [0.15, 0.2) is 0 Å². The minimum atomic E-state index is -0.0909. The largest absolute Gasteiger partial charge is 0.326 e. The zero-order valence-electron chi connectivity index (χ0n) is 19.3. The van der Waals surface area contributed by atoms with Gasteiger partial charge >= 0.3 is 0 Å². The van der Waals surface area contributed by atoms with E-state index in [2.05, 4.69) is 44.2 Å². The summed E-state index contributed by atoms with van der Waals surface area (Å²) in [4.78, 5) is 15.5. The van der Waals surface area contributed by atoms with Gasteiger partial charge in [0.05, 0.1) is 11.6 Å². The molecule has 0 aliphatic heterocycles. The van der Waals surface area contributed by atoms with Gasteiger partial charge in [0.1, 0.15) is 0 Å². The van der Waals surface area contributed by atoms with Crippen LogP contribution in [0.4, 0.5) is 5.69 Å². The summed E-state index contributed by atoms with van der Waals surface area (Å²) in [5.41, 5.74) is 11.4.